The minimum Gasteiger partial charge on any atom is -0.369 e. The zero-order chi connectivity index (χ0) is 17.2. The lowest BCUT2D eigenvalue weighted by Crippen LogP contribution is -2.48. The SMILES string of the molecule is CC1(CNC(=O)N[C@@H]2CCC[C@@H](C(N)=O)C2)Cc2ccccc2C1. The number of fused-ring (bicyclic) bond motifs is 1. The first kappa shape index (κ1) is 16.8. The molecule has 3 rings (SSSR count). The second-order valence-electron chi connectivity index (χ2n) is 7.72. The quantitative estimate of drug-likeness (QED) is 0.790. The van der Waals surface area contributed by atoms with Crippen molar-refractivity contribution in [1.82, 2.24) is 10.6 Å². The molecule has 5 heteroatoms. The fourth-order valence-electron chi connectivity index (χ4n) is 4.12. The number of carbonyl (C=O) groups excluding carboxylic acids is 2. The molecule has 0 unspecified atom stereocenters. The topological polar surface area (TPSA) is 84.2 Å². The van der Waals surface area contributed by atoms with Gasteiger partial charge in [0.05, 0.1) is 0 Å². The Morgan fingerprint density at radius 3 is 2.50 bits per heavy atom. The summed E-state index contributed by atoms with van der Waals surface area (Å²) in [6.07, 6.45) is 5.34. The third-order valence-corrected chi connectivity index (χ3v) is 5.44. The molecule has 1 aromatic rings. The van der Waals surface area contributed by atoms with Crippen molar-refractivity contribution < 1.29 is 9.59 Å². The lowest BCUT2D eigenvalue weighted by molar-refractivity contribution is -0.122. The maximum absolute atomic E-state index is 12.2. The molecule has 0 spiro atoms. The van der Waals surface area contributed by atoms with Gasteiger partial charge >= 0.3 is 6.03 Å². The predicted molar refractivity (Wildman–Crippen MR) is 93.4 cm³/mol. The number of nitrogens with one attached hydrogen (secondary N) is 2. The summed E-state index contributed by atoms with van der Waals surface area (Å²) >= 11 is 0. The molecule has 1 fully saturated rings. The van der Waals surface area contributed by atoms with Crippen LogP contribution in [0.5, 0.6) is 0 Å². The van der Waals surface area contributed by atoms with Crippen LogP contribution in [0.2, 0.25) is 0 Å². The molecule has 0 bridgehead atoms. The maximum Gasteiger partial charge on any atom is 0.315 e. The summed E-state index contributed by atoms with van der Waals surface area (Å²) in [6, 6.07) is 8.40. The van der Waals surface area contributed by atoms with Gasteiger partial charge < -0.3 is 16.4 Å². The third kappa shape index (κ3) is 3.89. The van der Waals surface area contributed by atoms with E-state index in [1.165, 1.54) is 11.1 Å². The van der Waals surface area contributed by atoms with E-state index in [9.17, 15) is 9.59 Å². The monoisotopic (exact) mass is 329 g/mol. The fraction of sp³-hybridized carbons (Fsp3) is 0.579. The number of urea groups is 1. The van der Waals surface area contributed by atoms with Crippen molar-refractivity contribution in [2.24, 2.45) is 17.1 Å². The summed E-state index contributed by atoms with van der Waals surface area (Å²) in [5.74, 6) is -0.357. The molecule has 1 saturated carbocycles. The van der Waals surface area contributed by atoms with E-state index >= 15 is 0 Å². The largest absolute Gasteiger partial charge is 0.369 e. The summed E-state index contributed by atoms with van der Waals surface area (Å²) in [4.78, 5) is 23.6. The van der Waals surface area contributed by atoms with E-state index < -0.39 is 0 Å². The Hall–Kier alpha value is -2.04. The van der Waals surface area contributed by atoms with Gasteiger partial charge in [0, 0.05) is 18.5 Å². The molecule has 0 aliphatic heterocycles. The minimum absolute atomic E-state index is 0.0461. The van der Waals surface area contributed by atoms with Gasteiger partial charge in [-0.1, -0.05) is 37.6 Å². The molecule has 2 aliphatic rings. The molecular weight excluding hydrogens is 302 g/mol. The van der Waals surface area contributed by atoms with Crippen molar-refractivity contribution in [2.75, 3.05) is 6.54 Å². The Kier molecular flexibility index (Phi) is 4.78. The number of hydrogen-bond donors (Lipinski definition) is 3. The molecule has 2 atom stereocenters. The van der Waals surface area contributed by atoms with Gasteiger partial charge in [-0.15, -0.1) is 0 Å². The van der Waals surface area contributed by atoms with Crippen LogP contribution in [-0.2, 0) is 17.6 Å². The number of amides is 3. The second-order valence-corrected chi connectivity index (χ2v) is 7.72. The molecule has 0 heterocycles. The van der Waals surface area contributed by atoms with E-state index in [-0.39, 0.29) is 29.3 Å². The maximum atomic E-state index is 12.2. The van der Waals surface area contributed by atoms with Crippen molar-refractivity contribution in [2.45, 2.75) is 51.5 Å². The van der Waals surface area contributed by atoms with E-state index in [1.807, 2.05) is 0 Å². The normalized spacial score (nSPS) is 24.9. The second kappa shape index (κ2) is 6.83. The fourth-order valence-corrected chi connectivity index (χ4v) is 4.12. The first-order valence-corrected chi connectivity index (χ1v) is 8.86. The summed E-state index contributed by atoms with van der Waals surface area (Å²) in [6.45, 7) is 2.87. The summed E-state index contributed by atoms with van der Waals surface area (Å²) in [5.41, 5.74) is 8.24. The highest BCUT2D eigenvalue weighted by atomic mass is 16.2. The Bertz CT molecular complexity index is 604. The predicted octanol–water partition coefficient (Wildman–Crippen LogP) is 2.13. The number of rotatable bonds is 4. The van der Waals surface area contributed by atoms with Gasteiger partial charge in [0.15, 0.2) is 0 Å². The average molecular weight is 329 g/mol. The van der Waals surface area contributed by atoms with Crippen LogP contribution in [0, 0.1) is 11.3 Å². The van der Waals surface area contributed by atoms with Gasteiger partial charge in [0.25, 0.3) is 0 Å². The first-order chi connectivity index (χ1) is 11.5. The zero-order valence-corrected chi connectivity index (χ0v) is 14.3. The highest BCUT2D eigenvalue weighted by molar-refractivity contribution is 5.77. The van der Waals surface area contributed by atoms with Crippen LogP contribution in [0.15, 0.2) is 24.3 Å². The van der Waals surface area contributed by atoms with Gasteiger partial charge in [0.1, 0.15) is 0 Å². The summed E-state index contributed by atoms with van der Waals surface area (Å²) < 4.78 is 0. The molecule has 0 radical (unpaired) electrons. The van der Waals surface area contributed by atoms with Crippen LogP contribution >= 0.6 is 0 Å². The molecule has 1 aromatic carbocycles. The molecule has 5 nitrogen and oxygen atoms in total. The molecular formula is C19H27N3O2. The Morgan fingerprint density at radius 2 is 1.88 bits per heavy atom. The van der Waals surface area contributed by atoms with E-state index in [0.717, 1.165) is 32.1 Å². The molecule has 0 aromatic heterocycles. The van der Waals surface area contributed by atoms with E-state index in [0.29, 0.717) is 13.0 Å². The van der Waals surface area contributed by atoms with Crippen LogP contribution in [0.25, 0.3) is 0 Å². The molecule has 24 heavy (non-hydrogen) atoms. The molecule has 0 saturated heterocycles. The summed E-state index contributed by atoms with van der Waals surface area (Å²) in [7, 11) is 0. The summed E-state index contributed by atoms with van der Waals surface area (Å²) in [5, 5.41) is 6.03. The highest BCUT2D eigenvalue weighted by Crippen LogP contribution is 2.35. The van der Waals surface area contributed by atoms with Gasteiger partial charge in [-0.2, -0.15) is 0 Å². The Morgan fingerprint density at radius 1 is 1.21 bits per heavy atom. The van der Waals surface area contributed by atoms with Gasteiger partial charge in [-0.25, -0.2) is 4.79 Å². The van der Waals surface area contributed by atoms with Crippen molar-refractivity contribution in [3.8, 4) is 0 Å². The van der Waals surface area contributed by atoms with E-state index in [2.05, 4.69) is 41.8 Å². The van der Waals surface area contributed by atoms with Crippen LogP contribution in [0.4, 0.5) is 4.79 Å². The van der Waals surface area contributed by atoms with Crippen molar-refractivity contribution in [3.05, 3.63) is 35.4 Å². The van der Waals surface area contributed by atoms with Crippen LogP contribution in [0.1, 0.15) is 43.7 Å². The van der Waals surface area contributed by atoms with Crippen molar-refractivity contribution >= 4 is 11.9 Å². The van der Waals surface area contributed by atoms with Crippen LogP contribution in [-0.4, -0.2) is 24.5 Å². The Labute approximate surface area is 143 Å². The number of benzene rings is 1. The number of carbonyl (C=O) groups is 2. The lowest BCUT2D eigenvalue weighted by Gasteiger charge is -2.29. The standard InChI is InChI=1S/C19H27N3O2/c1-19(10-14-5-2-3-6-15(14)11-19)12-21-18(24)22-16-8-4-7-13(9-16)17(20)23/h2-3,5-6,13,16H,4,7-12H2,1H3,(H2,20,23)(H2,21,22,24)/t13-,16-/m1/s1. The highest BCUT2D eigenvalue weighted by Gasteiger charge is 2.33. The van der Waals surface area contributed by atoms with E-state index in [4.69, 9.17) is 5.73 Å². The molecule has 2 aliphatic carbocycles. The molecule has 3 amide bonds. The minimum atomic E-state index is -0.252. The van der Waals surface area contributed by atoms with Crippen molar-refractivity contribution in [1.29, 1.82) is 0 Å². The first-order valence-electron chi connectivity index (χ1n) is 8.86. The molecule has 130 valence electrons. The smallest absolute Gasteiger partial charge is 0.315 e. The molecule has 4 N–H and O–H groups in total. The average Bonchev–Trinajstić information content (AvgIpc) is 2.90. The van der Waals surface area contributed by atoms with Crippen LogP contribution in [0.3, 0.4) is 0 Å². The third-order valence-electron chi connectivity index (χ3n) is 5.44. The number of primary amides is 1. The van der Waals surface area contributed by atoms with Gasteiger partial charge in [-0.3, -0.25) is 4.79 Å². The number of hydrogen-bond acceptors (Lipinski definition) is 2. The van der Waals surface area contributed by atoms with Crippen LogP contribution < -0.4 is 16.4 Å². The van der Waals surface area contributed by atoms with E-state index in [1.54, 1.807) is 0 Å². The van der Waals surface area contributed by atoms with Crippen molar-refractivity contribution in [3.63, 3.8) is 0 Å². The zero-order valence-electron chi connectivity index (χ0n) is 14.3. The number of nitrogens with two attached hydrogens (primary N) is 1. The Balaban J connectivity index is 1.47. The van der Waals surface area contributed by atoms with Gasteiger partial charge in [0.2, 0.25) is 5.91 Å². The lowest BCUT2D eigenvalue weighted by atomic mass is 9.85. The van der Waals surface area contributed by atoms with Gasteiger partial charge in [-0.05, 0) is 48.6 Å².